The van der Waals surface area contributed by atoms with Crippen molar-refractivity contribution in [2.75, 3.05) is 13.2 Å². The Morgan fingerprint density at radius 2 is 1.09 bits per heavy atom. The third-order valence-electron chi connectivity index (χ3n) is 3.53. The lowest BCUT2D eigenvalue weighted by Gasteiger charge is -2.16. The van der Waals surface area contributed by atoms with E-state index in [0.717, 1.165) is 11.1 Å². The van der Waals surface area contributed by atoms with Gasteiger partial charge in [0.2, 0.25) is 0 Å². The lowest BCUT2D eigenvalue weighted by atomic mass is 10.1. The molecule has 0 aliphatic rings. The van der Waals surface area contributed by atoms with Crippen molar-refractivity contribution in [3.63, 3.8) is 0 Å². The highest BCUT2D eigenvalue weighted by Gasteiger charge is 2.10. The molecule has 2 aromatic carbocycles. The zero-order valence-corrected chi connectivity index (χ0v) is 12.6. The molecule has 116 valence electrons. The number of nitrogens with zero attached hydrogens (tertiary/aromatic N) is 2. The van der Waals surface area contributed by atoms with Crippen molar-refractivity contribution in [3.05, 3.63) is 70.8 Å². The Hall–Kier alpha value is -2.70. The lowest BCUT2D eigenvalue weighted by molar-refractivity contribution is 0.109. The van der Waals surface area contributed by atoms with E-state index in [0.29, 0.717) is 24.3 Å². The normalized spacial score (nSPS) is 12.9. The number of nitriles is 2. The monoisotopic (exact) mass is 306 g/mol. The molecule has 2 rings (SSSR count). The molecule has 0 aliphatic heterocycles. The first-order chi connectivity index (χ1) is 11.1. The Balaban J connectivity index is 1.83. The fraction of sp³-hybridized carbons (Fsp3) is 0.222. The van der Waals surface area contributed by atoms with Crippen molar-refractivity contribution in [2.45, 2.75) is 12.1 Å². The number of rotatable bonds is 6. The van der Waals surface area contributed by atoms with Gasteiger partial charge in [0.05, 0.1) is 48.6 Å². The molecule has 2 aromatic rings. The van der Waals surface area contributed by atoms with Gasteiger partial charge in [0.1, 0.15) is 0 Å². The van der Waals surface area contributed by atoms with Crippen LogP contribution in [0, 0.1) is 22.7 Å². The first-order valence-corrected chi connectivity index (χ1v) is 7.23. The Morgan fingerprint density at radius 1 is 0.739 bits per heavy atom. The van der Waals surface area contributed by atoms with E-state index in [-0.39, 0.29) is 12.1 Å². The first-order valence-electron chi connectivity index (χ1n) is 7.23. The molecule has 5 nitrogen and oxygen atoms in total. The lowest BCUT2D eigenvalue weighted by Crippen LogP contribution is -2.22. The van der Waals surface area contributed by atoms with Gasteiger partial charge in [-0.05, 0) is 35.4 Å². The van der Waals surface area contributed by atoms with E-state index in [4.69, 9.17) is 26.7 Å². The van der Waals surface area contributed by atoms with E-state index in [1.54, 1.807) is 24.3 Å². The van der Waals surface area contributed by atoms with Crippen LogP contribution in [0.3, 0.4) is 0 Å². The highest BCUT2D eigenvalue weighted by molar-refractivity contribution is 5.33. The highest BCUT2D eigenvalue weighted by Crippen LogP contribution is 2.15. The molecule has 0 aromatic heterocycles. The summed E-state index contributed by atoms with van der Waals surface area (Å²) in [7, 11) is 0. The van der Waals surface area contributed by atoms with Gasteiger partial charge in [-0.25, -0.2) is 0 Å². The van der Waals surface area contributed by atoms with Gasteiger partial charge < -0.3 is 16.2 Å². The summed E-state index contributed by atoms with van der Waals surface area (Å²) < 4.78 is 5.60. The van der Waals surface area contributed by atoms with Crippen LogP contribution in [0.1, 0.15) is 34.3 Å². The zero-order valence-electron chi connectivity index (χ0n) is 12.6. The number of ether oxygens (including phenoxy) is 1. The number of hydrogen-bond acceptors (Lipinski definition) is 5. The van der Waals surface area contributed by atoms with E-state index in [1.807, 2.05) is 24.3 Å². The molecular weight excluding hydrogens is 288 g/mol. The smallest absolute Gasteiger partial charge is 0.0991 e. The molecule has 0 bridgehead atoms. The maximum atomic E-state index is 8.77. The Labute approximate surface area is 135 Å². The van der Waals surface area contributed by atoms with Crippen molar-refractivity contribution in [2.24, 2.45) is 11.5 Å². The molecule has 5 heteroatoms. The van der Waals surface area contributed by atoms with Gasteiger partial charge in [0.15, 0.2) is 0 Å². The van der Waals surface area contributed by atoms with Crippen LogP contribution in [0.25, 0.3) is 0 Å². The van der Waals surface area contributed by atoms with Gasteiger partial charge in [-0.3, -0.25) is 0 Å². The molecule has 4 N–H and O–H groups in total. The molecule has 0 aliphatic carbocycles. The maximum absolute atomic E-state index is 8.77. The minimum absolute atomic E-state index is 0.268. The molecule has 2 unspecified atom stereocenters. The molecule has 23 heavy (non-hydrogen) atoms. The highest BCUT2D eigenvalue weighted by atomic mass is 16.5. The summed E-state index contributed by atoms with van der Waals surface area (Å²) in [6.45, 7) is 0.686. The van der Waals surface area contributed by atoms with Crippen molar-refractivity contribution >= 4 is 0 Å². The number of benzene rings is 2. The second-order valence-electron chi connectivity index (χ2n) is 5.22. The predicted molar refractivity (Wildman–Crippen MR) is 87.0 cm³/mol. The van der Waals surface area contributed by atoms with E-state index in [1.165, 1.54) is 0 Å². The summed E-state index contributed by atoms with van der Waals surface area (Å²) >= 11 is 0. The first kappa shape index (κ1) is 16.7. The van der Waals surface area contributed by atoms with Crippen LogP contribution in [-0.2, 0) is 4.74 Å². The Kier molecular flexibility index (Phi) is 5.85. The Bertz CT molecular complexity index is 647. The second kappa shape index (κ2) is 8.07. The summed E-state index contributed by atoms with van der Waals surface area (Å²) in [5, 5.41) is 17.5. The molecule has 0 saturated carbocycles. The third-order valence-corrected chi connectivity index (χ3v) is 3.53. The molecular formula is C18H18N4O. The fourth-order valence-electron chi connectivity index (χ4n) is 2.12. The van der Waals surface area contributed by atoms with Gasteiger partial charge in [-0.1, -0.05) is 24.3 Å². The number of nitrogens with two attached hydrogens (primary N) is 2. The van der Waals surface area contributed by atoms with Gasteiger partial charge in [0.25, 0.3) is 0 Å². The molecule has 0 spiro atoms. The summed E-state index contributed by atoms with van der Waals surface area (Å²) in [6, 6.07) is 17.8. The number of hydrogen-bond donors (Lipinski definition) is 2. The zero-order chi connectivity index (χ0) is 16.7. The van der Waals surface area contributed by atoms with Crippen LogP contribution >= 0.6 is 0 Å². The Morgan fingerprint density at radius 3 is 1.39 bits per heavy atom. The minimum Gasteiger partial charge on any atom is -0.378 e. The van der Waals surface area contributed by atoms with Crippen LogP contribution in [0.15, 0.2) is 48.5 Å². The molecule has 0 amide bonds. The predicted octanol–water partition coefficient (Wildman–Crippen LogP) is 2.15. The molecule has 0 radical (unpaired) electrons. The van der Waals surface area contributed by atoms with E-state index in [9.17, 15) is 0 Å². The SMILES string of the molecule is N#Cc1ccc(C(N)COCC(N)c2ccc(C#N)cc2)cc1. The fourth-order valence-corrected chi connectivity index (χ4v) is 2.12. The van der Waals surface area contributed by atoms with Gasteiger partial charge >= 0.3 is 0 Å². The van der Waals surface area contributed by atoms with Crippen LogP contribution < -0.4 is 11.5 Å². The quantitative estimate of drug-likeness (QED) is 0.849. The molecule has 0 saturated heterocycles. The van der Waals surface area contributed by atoms with Crippen molar-refractivity contribution in [1.82, 2.24) is 0 Å². The summed E-state index contributed by atoms with van der Waals surface area (Å²) in [5.74, 6) is 0. The van der Waals surface area contributed by atoms with Crippen LogP contribution in [0.2, 0.25) is 0 Å². The summed E-state index contributed by atoms with van der Waals surface area (Å²) in [5.41, 5.74) is 15.2. The summed E-state index contributed by atoms with van der Waals surface area (Å²) in [4.78, 5) is 0. The van der Waals surface area contributed by atoms with Crippen molar-refractivity contribution in [3.8, 4) is 12.1 Å². The van der Waals surface area contributed by atoms with Crippen molar-refractivity contribution in [1.29, 1.82) is 10.5 Å². The molecule has 0 fully saturated rings. The van der Waals surface area contributed by atoms with Crippen LogP contribution in [0.4, 0.5) is 0 Å². The second-order valence-corrected chi connectivity index (χ2v) is 5.22. The van der Waals surface area contributed by atoms with Crippen LogP contribution in [0.5, 0.6) is 0 Å². The van der Waals surface area contributed by atoms with Gasteiger partial charge in [-0.15, -0.1) is 0 Å². The standard InChI is InChI=1S/C18H18N4O/c19-9-13-1-5-15(6-2-13)17(21)11-23-12-18(22)16-7-3-14(10-20)4-8-16/h1-8,17-18H,11-12,21-22H2. The molecule has 2 atom stereocenters. The van der Waals surface area contributed by atoms with Gasteiger partial charge in [0, 0.05) is 0 Å². The largest absolute Gasteiger partial charge is 0.378 e. The van der Waals surface area contributed by atoms with Crippen LogP contribution in [-0.4, -0.2) is 13.2 Å². The maximum Gasteiger partial charge on any atom is 0.0991 e. The summed E-state index contributed by atoms with van der Waals surface area (Å²) in [6.07, 6.45) is 0. The molecule has 0 heterocycles. The van der Waals surface area contributed by atoms with Gasteiger partial charge in [-0.2, -0.15) is 10.5 Å². The topological polar surface area (TPSA) is 109 Å². The minimum atomic E-state index is -0.268. The van der Waals surface area contributed by atoms with E-state index < -0.39 is 0 Å². The van der Waals surface area contributed by atoms with E-state index in [2.05, 4.69) is 12.1 Å². The third kappa shape index (κ3) is 4.64. The average Bonchev–Trinajstić information content (AvgIpc) is 2.61. The van der Waals surface area contributed by atoms with E-state index >= 15 is 0 Å². The average molecular weight is 306 g/mol. The van der Waals surface area contributed by atoms with Crippen molar-refractivity contribution < 1.29 is 4.74 Å².